The summed E-state index contributed by atoms with van der Waals surface area (Å²) < 4.78 is 5.23. The molecule has 1 N–H and O–H groups in total. The zero-order valence-corrected chi connectivity index (χ0v) is 17.4. The van der Waals surface area contributed by atoms with Gasteiger partial charge in [0, 0.05) is 31.5 Å². The Morgan fingerprint density at radius 3 is 2.86 bits per heavy atom. The van der Waals surface area contributed by atoms with E-state index in [9.17, 15) is 4.79 Å². The lowest BCUT2D eigenvalue weighted by molar-refractivity contribution is 0.0932. The minimum absolute atomic E-state index is 0.00569. The van der Waals surface area contributed by atoms with E-state index in [1.54, 1.807) is 35.9 Å². The van der Waals surface area contributed by atoms with E-state index in [-0.39, 0.29) is 11.9 Å². The van der Waals surface area contributed by atoms with Crippen LogP contribution in [-0.4, -0.2) is 52.1 Å². The molecule has 0 radical (unpaired) electrons. The zero-order chi connectivity index (χ0) is 20.4. The van der Waals surface area contributed by atoms with Gasteiger partial charge in [-0.15, -0.1) is 11.3 Å². The summed E-state index contributed by atoms with van der Waals surface area (Å²) >= 11 is 1.63. The lowest BCUT2D eigenvalue weighted by Crippen LogP contribution is -2.37. The minimum Gasteiger partial charge on any atom is -0.494 e. The van der Waals surface area contributed by atoms with E-state index < -0.39 is 0 Å². The van der Waals surface area contributed by atoms with Crippen molar-refractivity contribution in [2.45, 2.75) is 26.3 Å². The molecule has 1 fully saturated rings. The van der Waals surface area contributed by atoms with Crippen LogP contribution in [0.3, 0.4) is 0 Å². The molecule has 0 aliphatic carbocycles. The molecule has 0 saturated carbocycles. The van der Waals surface area contributed by atoms with Crippen molar-refractivity contribution in [3.63, 3.8) is 0 Å². The van der Waals surface area contributed by atoms with Crippen molar-refractivity contribution < 1.29 is 9.53 Å². The summed E-state index contributed by atoms with van der Waals surface area (Å²) in [4.78, 5) is 33.6. The third kappa shape index (κ3) is 4.04. The number of aryl methyl sites for hydroxylation is 2. The Morgan fingerprint density at radius 1 is 1.24 bits per heavy atom. The highest BCUT2D eigenvalue weighted by atomic mass is 32.1. The minimum atomic E-state index is -0.236. The van der Waals surface area contributed by atoms with Gasteiger partial charge in [-0.05, 0) is 38.5 Å². The first kappa shape index (κ1) is 19.3. The van der Waals surface area contributed by atoms with Gasteiger partial charge in [0.2, 0.25) is 5.95 Å². The smallest absolute Gasteiger partial charge is 0.274 e. The maximum absolute atomic E-state index is 12.6. The molecule has 3 aromatic rings. The summed E-state index contributed by atoms with van der Waals surface area (Å²) in [5, 5.41) is 4.06. The quantitative estimate of drug-likeness (QED) is 0.691. The number of nitrogens with zero attached hydrogens (tertiary/aromatic N) is 5. The topological polar surface area (TPSA) is 93.1 Å². The molecule has 150 valence electrons. The first-order valence-electron chi connectivity index (χ1n) is 9.37. The van der Waals surface area contributed by atoms with Crippen LogP contribution in [0.2, 0.25) is 0 Å². The molecule has 8 nitrogen and oxygen atoms in total. The number of hydrogen-bond donors (Lipinski definition) is 1. The van der Waals surface area contributed by atoms with Crippen molar-refractivity contribution in [3.8, 4) is 16.3 Å². The number of nitrogens with one attached hydrogen (secondary N) is 1. The van der Waals surface area contributed by atoms with Gasteiger partial charge in [0.25, 0.3) is 5.91 Å². The fourth-order valence-corrected chi connectivity index (χ4v) is 4.33. The van der Waals surface area contributed by atoms with Gasteiger partial charge >= 0.3 is 0 Å². The maximum Gasteiger partial charge on any atom is 0.274 e. The number of ether oxygens (including phenoxy) is 1. The molecular formula is C20H22N6O2S. The molecule has 3 aromatic heterocycles. The van der Waals surface area contributed by atoms with Gasteiger partial charge in [0.1, 0.15) is 5.75 Å². The van der Waals surface area contributed by atoms with Gasteiger partial charge in [0.15, 0.2) is 5.69 Å². The van der Waals surface area contributed by atoms with Crippen molar-refractivity contribution in [3.05, 3.63) is 47.0 Å². The van der Waals surface area contributed by atoms with Crippen LogP contribution in [-0.2, 0) is 0 Å². The monoisotopic (exact) mass is 410 g/mol. The number of thiazole rings is 1. The Morgan fingerprint density at radius 2 is 2.10 bits per heavy atom. The molecule has 0 bridgehead atoms. The first-order chi connectivity index (χ1) is 14.0. The molecule has 9 heteroatoms. The largest absolute Gasteiger partial charge is 0.494 e. The number of hydrogen-bond acceptors (Lipinski definition) is 8. The molecule has 4 heterocycles. The van der Waals surface area contributed by atoms with Gasteiger partial charge in [-0.1, -0.05) is 0 Å². The van der Waals surface area contributed by atoms with Gasteiger partial charge < -0.3 is 15.0 Å². The standard InChI is InChI=1S/C20H22N6O2S/c1-12-18(29-13(2)23-12)15-6-9-22-20(25-15)26-10-7-14(11-26)24-19(27)17-16(28-3)5-4-8-21-17/h4-6,8-9,14H,7,10-11H2,1-3H3,(H,24,27). The van der Waals surface area contributed by atoms with Crippen LogP contribution < -0.4 is 15.0 Å². The second-order valence-corrected chi connectivity index (χ2v) is 8.05. The Labute approximate surface area is 173 Å². The van der Waals surface area contributed by atoms with E-state index in [4.69, 9.17) is 9.72 Å². The Bertz CT molecular complexity index is 1040. The number of pyridine rings is 1. The predicted molar refractivity (Wildman–Crippen MR) is 111 cm³/mol. The van der Waals surface area contributed by atoms with Crippen LogP contribution in [0.25, 0.3) is 10.6 Å². The van der Waals surface area contributed by atoms with Crippen molar-refractivity contribution >= 4 is 23.2 Å². The van der Waals surface area contributed by atoms with Crippen LogP contribution in [0.15, 0.2) is 30.6 Å². The molecule has 1 aliphatic heterocycles. The molecule has 1 aliphatic rings. The normalized spacial score (nSPS) is 16.1. The molecule has 1 saturated heterocycles. The highest BCUT2D eigenvalue weighted by Crippen LogP contribution is 2.29. The highest BCUT2D eigenvalue weighted by molar-refractivity contribution is 7.15. The number of carbonyl (C=O) groups is 1. The number of anilines is 1. The van der Waals surface area contributed by atoms with Crippen LogP contribution in [0.5, 0.6) is 5.75 Å². The van der Waals surface area contributed by atoms with E-state index in [2.05, 4.69) is 25.2 Å². The average molecular weight is 411 g/mol. The van der Waals surface area contributed by atoms with Gasteiger partial charge in [-0.3, -0.25) is 4.79 Å². The zero-order valence-electron chi connectivity index (χ0n) is 16.5. The van der Waals surface area contributed by atoms with E-state index in [1.807, 2.05) is 19.9 Å². The van der Waals surface area contributed by atoms with Gasteiger partial charge in [0.05, 0.1) is 28.4 Å². The third-order valence-electron chi connectivity index (χ3n) is 4.79. The predicted octanol–water partition coefficient (Wildman–Crippen LogP) is 2.63. The van der Waals surface area contributed by atoms with Crippen LogP contribution in [0.1, 0.15) is 27.6 Å². The summed E-state index contributed by atoms with van der Waals surface area (Å²) in [6.45, 7) is 5.40. The number of amides is 1. The molecule has 1 atom stereocenters. The SMILES string of the molecule is COc1cccnc1C(=O)NC1CCN(c2nccc(-c3sc(C)nc3C)n2)C1. The van der Waals surface area contributed by atoms with Gasteiger partial charge in [-0.25, -0.2) is 19.9 Å². The number of aromatic nitrogens is 4. The fourth-order valence-electron chi connectivity index (χ4n) is 3.44. The lowest BCUT2D eigenvalue weighted by atomic mass is 10.2. The van der Waals surface area contributed by atoms with Crippen molar-refractivity contribution in [1.82, 2.24) is 25.3 Å². The molecular weight excluding hydrogens is 388 g/mol. The lowest BCUT2D eigenvalue weighted by Gasteiger charge is -2.17. The average Bonchev–Trinajstić information content (AvgIpc) is 3.33. The summed E-state index contributed by atoms with van der Waals surface area (Å²) in [6.07, 6.45) is 4.17. The Hall–Kier alpha value is -3.07. The second-order valence-electron chi connectivity index (χ2n) is 6.85. The highest BCUT2D eigenvalue weighted by Gasteiger charge is 2.27. The van der Waals surface area contributed by atoms with Crippen LogP contribution in [0.4, 0.5) is 5.95 Å². The summed E-state index contributed by atoms with van der Waals surface area (Å²) in [6, 6.07) is 5.37. The van der Waals surface area contributed by atoms with Crippen molar-refractivity contribution in [2.24, 2.45) is 0 Å². The van der Waals surface area contributed by atoms with E-state index >= 15 is 0 Å². The maximum atomic E-state index is 12.6. The number of carbonyl (C=O) groups excluding carboxylic acids is 1. The van der Waals surface area contributed by atoms with Crippen LogP contribution >= 0.6 is 11.3 Å². The van der Waals surface area contributed by atoms with E-state index in [0.29, 0.717) is 23.9 Å². The van der Waals surface area contributed by atoms with Gasteiger partial charge in [-0.2, -0.15) is 0 Å². The van der Waals surface area contributed by atoms with E-state index in [1.165, 1.54) is 7.11 Å². The third-order valence-corrected chi connectivity index (χ3v) is 5.89. The molecule has 0 aromatic carbocycles. The second kappa shape index (κ2) is 8.12. The summed E-state index contributed by atoms with van der Waals surface area (Å²) in [5.41, 5.74) is 2.15. The molecule has 1 unspecified atom stereocenters. The molecule has 29 heavy (non-hydrogen) atoms. The first-order valence-corrected chi connectivity index (χ1v) is 10.2. The van der Waals surface area contributed by atoms with Crippen molar-refractivity contribution in [1.29, 1.82) is 0 Å². The fraction of sp³-hybridized carbons (Fsp3) is 0.350. The molecule has 4 rings (SSSR count). The number of methoxy groups -OCH3 is 1. The van der Waals surface area contributed by atoms with E-state index in [0.717, 1.165) is 34.2 Å². The molecule has 1 amide bonds. The summed E-state index contributed by atoms with van der Waals surface area (Å²) in [5.74, 6) is 0.894. The summed E-state index contributed by atoms with van der Waals surface area (Å²) in [7, 11) is 1.53. The molecule has 0 spiro atoms. The number of rotatable bonds is 5. The Balaban J connectivity index is 1.46. The van der Waals surface area contributed by atoms with Crippen LogP contribution in [0, 0.1) is 13.8 Å². The van der Waals surface area contributed by atoms with Crippen molar-refractivity contribution in [2.75, 3.05) is 25.1 Å². The Kier molecular flexibility index (Phi) is 5.39.